The average Bonchev–Trinajstić information content (AvgIpc) is 2.51. The van der Waals surface area contributed by atoms with E-state index in [0.717, 1.165) is 16.3 Å². The lowest BCUT2D eigenvalue weighted by Gasteiger charge is -2.22. The molecule has 1 unspecified atom stereocenters. The fraction of sp³-hybridized carbons (Fsp3) is 0.333. The summed E-state index contributed by atoms with van der Waals surface area (Å²) in [5.74, 6) is 0. The van der Waals surface area contributed by atoms with Gasteiger partial charge < -0.3 is 5.73 Å². The Labute approximate surface area is 125 Å². The van der Waals surface area contributed by atoms with Crippen molar-refractivity contribution in [2.24, 2.45) is 5.73 Å². The van der Waals surface area contributed by atoms with Crippen molar-refractivity contribution in [1.29, 1.82) is 0 Å². The molecule has 1 atom stereocenters. The number of fused-ring (bicyclic) bond motifs is 1. The second kappa shape index (κ2) is 6.53. The molecule has 0 amide bonds. The molecule has 0 bridgehead atoms. The summed E-state index contributed by atoms with van der Waals surface area (Å²) in [7, 11) is -1.98. The van der Waals surface area contributed by atoms with E-state index in [2.05, 4.69) is 4.72 Å². The van der Waals surface area contributed by atoms with Gasteiger partial charge in [0.25, 0.3) is 10.2 Å². The predicted molar refractivity (Wildman–Crippen MR) is 86.1 cm³/mol. The minimum Gasteiger partial charge on any atom is -0.329 e. The van der Waals surface area contributed by atoms with Crippen molar-refractivity contribution in [3.8, 4) is 0 Å². The minimum absolute atomic E-state index is 0.203. The van der Waals surface area contributed by atoms with E-state index in [0.29, 0.717) is 6.54 Å². The normalized spacial score (nSPS) is 13.7. The molecule has 3 N–H and O–H groups in total. The highest BCUT2D eigenvalue weighted by Gasteiger charge is 2.21. The van der Waals surface area contributed by atoms with Crippen molar-refractivity contribution in [2.75, 3.05) is 20.1 Å². The summed E-state index contributed by atoms with van der Waals surface area (Å²) < 4.78 is 28.2. The van der Waals surface area contributed by atoms with Crippen LogP contribution in [0.15, 0.2) is 42.5 Å². The maximum absolute atomic E-state index is 12.1. The number of hydrogen-bond donors (Lipinski definition) is 2. The minimum atomic E-state index is -3.52. The first-order chi connectivity index (χ1) is 9.97. The molecule has 2 aromatic carbocycles. The van der Waals surface area contributed by atoms with Crippen LogP contribution in [0.1, 0.15) is 18.5 Å². The van der Waals surface area contributed by atoms with E-state index in [-0.39, 0.29) is 6.54 Å². The number of nitrogens with zero attached hydrogens (tertiary/aromatic N) is 1. The molecule has 0 aliphatic heterocycles. The second-order valence-corrected chi connectivity index (χ2v) is 6.74. The van der Waals surface area contributed by atoms with Gasteiger partial charge in [-0.1, -0.05) is 43.3 Å². The fourth-order valence-electron chi connectivity index (χ4n) is 2.12. The third kappa shape index (κ3) is 3.59. The maximum atomic E-state index is 12.1. The molecule has 0 heterocycles. The standard InChI is InChI=1S/C15H21N3O2S/c1-3-18(2)21(19,20)17-15(11-16)14-9-8-12-6-4-5-7-13(12)10-14/h4-10,15,17H,3,11,16H2,1-2H3. The molecule has 0 aromatic heterocycles. The number of nitrogens with two attached hydrogens (primary N) is 1. The Morgan fingerprint density at radius 1 is 1.19 bits per heavy atom. The molecule has 2 aromatic rings. The van der Waals surface area contributed by atoms with Crippen LogP contribution in [-0.4, -0.2) is 32.9 Å². The number of rotatable bonds is 6. The quantitative estimate of drug-likeness (QED) is 0.851. The molecule has 0 saturated carbocycles. The molecule has 0 radical (unpaired) electrons. The van der Waals surface area contributed by atoms with Crippen LogP contribution in [-0.2, 0) is 10.2 Å². The molecule has 2 rings (SSSR count). The van der Waals surface area contributed by atoms with E-state index in [1.54, 1.807) is 6.92 Å². The molecular formula is C15H21N3O2S. The van der Waals surface area contributed by atoms with E-state index in [1.807, 2.05) is 42.5 Å². The maximum Gasteiger partial charge on any atom is 0.279 e. The van der Waals surface area contributed by atoms with Crippen molar-refractivity contribution < 1.29 is 8.42 Å². The summed E-state index contributed by atoms with van der Waals surface area (Å²) in [5, 5.41) is 2.18. The van der Waals surface area contributed by atoms with Crippen molar-refractivity contribution in [3.63, 3.8) is 0 Å². The molecule has 0 aliphatic rings. The number of hydrogen-bond acceptors (Lipinski definition) is 3. The highest BCUT2D eigenvalue weighted by atomic mass is 32.2. The first-order valence-corrected chi connectivity index (χ1v) is 8.34. The molecule has 0 spiro atoms. The van der Waals surface area contributed by atoms with E-state index in [4.69, 9.17) is 5.73 Å². The second-order valence-electron chi connectivity index (χ2n) is 4.93. The fourth-order valence-corrected chi connectivity index (χ4v) is 3.23. The van der Waals surface area contributed by atoms with Gasteiger partial charge in [-0.2, -0.15) is 17.4 Å². The zero-order chi connectivity index (χ0) is 15.5. The Balaban J connectivity index is 2.31. The van der Waals surface area contributed by atoms with Crippen molar-refractivity contribution in [1.82, 2.24) is 9.03 Å². The largest absolute Gasteiger partial charge is 0.329 e. The van der Waals surface area contributed by atoms with Gasteiger partial charge in [-0.25, -0.2) is 0 Å². The highest BCUT2D eigenvalue weighted by molar-refractivity contribution is 7.87. The van der Waals surface area contributed by atoms with Crippen LogP contribution in [0.5, 0.6) is 0 Å². The smallest absolute Gasteiger partial charge is 0.279 e. The molecule has 6 heteroatoms. The molecule has 5 nitrogen and oxygen atoms in total. The summed E-state index contributed by atoms with van der Waals surface area (Å²) >= 11 is 0. The van der Waals surface area contributed by atoms with Gasteiger partial charge in [0, 0.05) is 20.1 Å². The van der Waals surface area contributed by atoms with Crippen LogP contribution in [0.4, 0.5) is 0 Å². The van der Waals surface area contributed by atoms with Gasteiger partial charge >= 0.3 is 0 Å². The van der Waals surface area contributed by atoms with Crippen LogP contribution >= 0.6 is 0 Å². The van der Waals surface area contributed by atoms with Crippen molar-refractivity contribution in [3.05, 3.63) is 48.0 Å². The lowest BCUT2D eigenvalue weighted by molar-refractivity contribution is 0.461. The van der Waals surface area contributed by atoms with E-state index < -0.39 is 16.3 Å². The molecule has 21 heavy (non-hydrogen) atoms. The predicted octanol–water partition coefficient (Wildman–Crippen LogP) is 1.63. The average molecular weight is 307 g/mol. The molecule has 0 saturated heterocycles. The van der Waals surface area contributed by atoms with Gasteiger partial charge in [0.05, 0.1) is 6.04 Å². The molecule has 0 fully saturated rings. The SMILES string of the molecule is CCN(C)S(=O)(=O)NC(CN)c1ccc2ccccc2c1. The van der Waals surface area contributed by atoms with Gasteiger partial charge in [0.1, 0.15) is 0 Å². The summed E-state index contributed by atoms with van der Waals surface area (Å²) in [6.07, 6.45) is 0. The Kier molecular flexibility index (Phi) is 4.95. The van der Waals surface area contributed by atoms with Gasteiger partial charge in [-0.05, 0) is 22.4 Å². The lowest BCUT2D eigenvalue weighted by atomic mass is 10.0. The Morgan fingerprint density at radius 3 is 2.48 bits per heavy atom. The van der Waals surface area contributed by atoms with Crippen LogP contribution in [0.2, 0.25) is 0 Å². The summed E-state index contributed by atoms with van der Waals surface area (Å²) in [5.41, 5.74) is 6.62. The van der Waals surface area contributed by atoms with Crippen LogP contribution in [0.3, 0.4) is 0 Å². The zero-order valence-electron chi connectivity index (χ0n) is 12.3. The first kappa shape index (κ1) is 15.9. The van der Waals surface area contributed by atoms with Crippen molar-refractivity contribution >= 4 is 21.0 Å². The third-order valence-electron chi connectivity index (χ3n) is 3.56. The number of benzene rings is 2. The summed E-state index contributed by atoms with van der Waals surface area (Å²) in [6, 6.07) is 13.4. The zero-order valence-corrected chi connectivity index (χ0v) is 13.1. The molecule has 0 aliphatic carbocycles. The van der Waals surface area contributed by atoms with Gasteiger partial charge in [-0.3, -0.25) is 0 Å². The van der Waals surface area contributed by atoms with E-state index >= 15 is 0 Å². The Bertz CT molecular complexity index is 716. The highest BCUT2D eigenvalue weighted by Crippen LogP contribution is 2.20. The van der Waals surface area contributed by atoms with Gasteiger partial charge in [0.15, 0.2) is 0 Å². The topological polar surface area (TPSA) is 75.4 Å². The summed E-state index contributed by atoms with van der Waals surface area (Å²) in [6.45, 7) is 2.40. The van der Waals surface area contributed by atoms with Crippen LogP contribution in [0.25, 0.3) is 10.8 Å². The monoisotopic (exact) mass is 307 g/mol. The third-order valence-corrected chi connectivity index (χ3v) is 5.22. The van der Waals surface area contributed by atoms with Crippen molar-refractivity contribution in [2.45, 2.75) is 13.0 Å². The molecular weight excluding hydrogens is 286 g/mol. The van der Waals surface area contributed by atoms with Gasteiger partial charge in [-0.15, -0.1) is 0 Å². The Morgan fingerprint density at radius 2 is 1.86 bits per heavy atom. The Hall–Kier alpha value is -1.47. The van der Waals surface area contributed by atoms with E-state index in [9.17, 15) is 8.42 Å². The summed E-state index contributed by atoms with van der Waals surface area (Å²) in [4.78, 5) is 0. The molecule has 114 valence electrons. The van der Waals surface area contributed by atoms with Crippen LogP contribution in [0, 0.1) is 0 Å². The number of nitrogens with one attached hydrogen (secondary N) is 1. The van der Waals surface area contributed by atoms with E-state index in [1.165, 1.54) is 11.4 Å². The van der Waals surface area contributed by atoms with Crippen LogP contribution < -0.4 is 10.5 Å². The lowest BCUT2D eigenvalue weighted by Crippen LogP contribution is -2.42. The van der Waals surface area contributed by atoms with Gasteiger partial charge in [0.2, 0.25) is 0 Å². The first-order valence-electron chi connectivity index (χ1n) is 6.90.